The third-order valence-corrected chi connectivity index (χ3v) is 4.56. The molecule has 25 heavy (non-hydrogen) atoms. The molecule has 1 saturated heterocycles. The zero-order valence-corrected chi connectivity index (χ0v) is 14.8. The van der Waals surface area contributed by atoms with Crippen molar-refractivity contribution in [2.75, 3.05) is 27.3 Å². The number of benzene rings is 1. The molecule has 134 valence electrons. The number of hydrogen-bond donors (Lipinski definition) is 1. The quantitative estimate of drug-likeness (QED) is 0.872. The van der Waals surface area contributed by atoms with Crippen molar-refractivity contribution in [3.05, 3.63) is 57.8 Å². The molecule has 0 bridgehead atoms. The van der Waals surface area contributed by atoms with Gasteiger partial charge in [-0.2, -0.15) is 0 Å². The maximum atomic E-state index is 11.9. The molecule has 6 nitrogen and oxygen atoms in total. The maximum Gasteiger partial charge on any atom is 0.251 e. The largest absolute Gasteiger partial charge is 0.497 e. The SMILES string of the molecule is COCc1cc(=O)[nH]c([C@H]2CCCN(Cc3ccc(OC)cc3)C2)n1. The molecule has 0 amide bonds. The zero-order chi connectivity index (χ0) is 17.6. The Bertz CT molecular complexity index is 742. The van der Waals surface area contributed by atoms with Crippen LogP contribution >= 0.6 is 0 Å². The zero-order valence-electron chi connectivity index (χ0n) is 14.8. The van der Waals surface area contributed by atoms with Gasteiger partial charge in [-0.15, -0.1) is 0 Å². The van der Waals surface area contributed by atoms with Crippen LogP contribution in [0, 0.1) is 0 Å². The number of H-pyrrole nitrogens is 1. The van der Waals surface area contributed by atoms with Crippen LogP contribution in [0.25, 0.3) is 0 Å². The lowest BCUT2D eigenvalue weighted by atomic mass is 9.96. The topological polar surface area (TPSA) is 67.5 Å². The number of nitrogens with zero attached hydrogens (tertiary/aromatic N) is 2. The number of aromatic amines is 1. The van der Waals surface area contributed by atoms with Gasteiger partial charge in [-0.3, -0.25) is 9.69 Å². The second-order valence-corrected chi connectivity index (χ2v) is 6.48. The summed E-state index contributed by atoms with van der Waals surface area (Å²) in [5, 5.41) is 0. The summed E-state index contributed by atoms with van der Waals surface area (Å²) >= 11 is 0. The van der Waals surface area contributed by atoms with Gasteiger partial charge in [0.05, 0.1) is 19.4 Å². The number of nitrogens with one attached hydrogen (secondary N) is 1. The molecule has 1 aliphatic heterocycles. The van der Waals surface area contributed by atoms with Gasteiger partial charge in [0.25, 0.3) is 5.56 Å². The third-order valence-electron chi connectivity index (χ3n) is 4.56. The first kappa shape index (κ1) is 17.6. The first-order valence-corrected chi connectivity index (χ1v) is 8.62. The standard InChI is InChI=1S/C19H25N3O3/c1-24-13-16-10-18(23)21-19(20-16)15-4-3-9-22(12-15)11-14-5-7-17(25-2)8-6-14/h5-8,10,15H,3-4,9,11-13H2,1-2H3,(H,20,21,23)/t15-/m0/s1. The van der Waals surface area contributed by atoms with E-state index in [1.165, 1.54) is 11.6 Å². The Morgan fingerprint density at radius 2 is 2.08 bits per heavy atom. The van der Waals surface area contributed by atoms with Crippen molar-refractivity contribution in [1.82, 2.24) is 14.9 Å². The van der Waals surface area contributed by atoms with E-state index >= 15 is 0 Å². The average molecular weight is 343 g/mol. The van der Waals surface area contributed by atoms with Gasteiger partial charge in [0.15, 0.2) is 0 Å². The van der Waals surface area contributed by atoms with E-state index in [-0.39, 0.29) is 11.5 Å². The van der Waals surface area contributed by atoms with Crippen molar-refractivity contribution in [3.63, 3.8) is 0 Å². The summed E-state index contributed by atoms with van der Waals surface area (Å²) < 4.78 is 10.3. The molecule has 2 aromatic rings. The van der Waals surface area contributed by atoms with Gasteiger partial charge in [-0.25, -0.2) is 4.98 Å². The van der Waals surface area contributed by atoms with Crippen molar-refractivity contribution in [2.24, 2.45) is 0 Å². The molecule has 1 fully saturated rings. The fourth-order valence-electron chi connectivity index (χ4n) is 3.36. The molecule has 1 aromatic heterocycles. The predicted octanol–water partition coefficient (Wildman–Crippen LogP) is 2.30. The van der Waals surface area contributed by atoms with Crippen LogP contribution < -0.4 is 10.3 Å². The molecule has 1 aromatic carbocycles. The van der Waals surface area contributed by atoms with E-state index in [2.05, 4.69) is 27.0 Å². The van der Waals surface area contributed by atoms with Gasteiger partial charge in [-0.1, -0.05) is 12.1 Å². The van der Waals surface area contributed by atoms with Crippen LogP contribution in [-0.2, 0) is 17.9 Å². The van der Waals surface area contributed by atoms with Gasteiger partial charge in [-0.05, 0) is 37.1 Å². The normalized spacial score (nSPS) is 18.2. The van der Waals surface area contributed by atoms with Crippen molar-refractivity contribution >= 4 is 0 Å². The first-order valence-electron chi connectivity index (χ1n) is 8.62. The van der Waals surface area contributed by atoms with Crippen LogP contribution in [0.4, 0.5) is 0 Å². The minimum atomic E-state index is -0.107. The van der Waals surface area contributed by atoms with Gasteiger partial charge in [0.2, 0.25) is 0 Å². The summed E-state index contributed by atoms with van der Waals surface area (Å²) in [6.07, 6.45) is 2.14. The highest BCUT2D eigenvalue weighted by molar-refractivity contribution is 5.27. The lowest BCUT2D eigenvalue weighted by molar-refractivity contribution is 0.178. The fourth-order valence-corrected chi connectivity index (χ4v) is 3.36. The van der Waals surface area contributed by atoms with E-state index in [9.17, 15) is 4.79 Å². The number of ether oxygens (including phenoxy) is 2. The molecule has 0 aliphatic carbocycles. The summed E-state index contributed by atoms with van der Waals surface area (Å²) in [6.45, 7) is 3.21. The highest BCUT2D eigenvalue weighted by Gasteiger charge is 2.23. The van der Waals surface area contributed by atoms with Crippen LogP contribution in [0.3, 0.4) is 0 Å². The molecular formula is C19H25N3O3. The van der Waals surface area contributed by atoms with Gasteiger partial charge in [0.1, 0.15) is 11.6 Å². The molecule has 3 rings (SSSR count). The lowest BCUT2D eigenvalue weighted by Gasteiger charge is -2.32. The molecule has 1 N–H and O–H groups in total. The van der Waals surface area contributed by atoms with Crippen LogP contribution in [0.5, 0.6) is 5.75 Å². The Kier molecular flexibility index (Phi) is 5.83. The van der Waals surface area contributed by atoms with Gasteiger partial charge >= 0.3 is 0 Å². The monoisotopic (exact) mass is 343 g/mol. The summed E-state index contributed by atoms with van der Waals surface area (Å²) in [7, 11) is 3.29. The Labute approximate surface area is 147 Å². The second kappa shape index (κ2) is 8.27. The van der Waals surface area contributed by atoms with Crippen molar-refractivity contribution in [1.29, 1.82) is 0 Å². The van der Waals surface area contributed by atoms with Crippen LogP contribution in [0.2, 0.25) is 0 Å². The third kappa shape index (κ3) is 4.67. The van der Waals surface area contributed by atoms with E-state index in [1.807, 2.05) is 12.1 Å². The lowest BCUT2D eigenvalue weighted by Crippen LogP contribution is -2.35. The fraction of sp³-hybridized carbons (Fsp3) is 0.474. The van der Waals surface area contributed by atoms with Gasteiger partial charge in [0, 0.05) is 32.2 Å². The molecule has 0 unspecified atom stereocenters. The van der Waals surface area contributed by atoms with Crippen LogP contribution in [-0.4, -0.2) is 42.2 Å². The Hall–Kier alpha value is -2.18. The number of likely N-dealkylation sites (tertiary alicyclic amines) is 1. The van der Waals surface area contributed by atoms with E-state index < -0.39 is 0 Å². The highest BCUT2D eigenvalue weighted by Crippen LogP contribution is 2.25. The molecule has 0 radical (unpaired) electrons. The molecule has 0 spiro atoms. The molecule has 0 saturated carbocycles. The Balaban J connectivity index is 1.69. The maximum absolute atomic E-state index is 11.9. The number of rotatable bonds is 6. The van der Waals surface area contributed by atoms with Crippen molar-refractivity contribution in [2.45, 2.75) is 31.9 Å². The van der Waals surface area contributed by atoms with Crippen molar-refractivity contribution < 1.29 is 9.47 Å². The number of aromatic nitrogens is 2. The second-order valence-electron chi connectivity index (χ2n) is 6.48. The summed E-state index contributed by atoms with van der Waals surface area (Å²) in [5.41, 5.74) is 1.84. The summed E-state index contributed by atoms with van der Waals surface area (Å²) in [6, 6.07) is 9.68. The van der Waals surface area contributed by atoms with E-state index in [4.69, 9.17) is 9.47 Å². The van der Waals surface area contributed by atoms with E-state index in [1.54, 1.807) is 14.2 Å². The Morgan fingerprint density at radius 3 is 2.80 bits per heavy atom. The van der Waals surface area contributed by atoms with Crippen LogP contribution in [0.15, 0.2) is 35.1 Å². The van der Waals surface area contributed by atoms with Crippen LogP contribution in [0.1, 0.15) is 35.8 Å². The van der Waals surface area contributed by atoms with Gasteiger partial charge < -0.3 is 14.5 Å². The number of methoxy groups -OCH3 is 2. The van der Waals surface area contributed by atoms with E-state index in [0.717, 1.165) is 44.0 Å². The molecule has 1 aliphatic rings. The Morgan fingerprint density at radius 1 is 1.28 bits per heavy atom. The van der Waals surface area contributed by atoms with Crippen molar-refractivity contribution in [3.8, 4) is 5.75 Å². The summed E-state index contributed by atoms with van der Waals surface area (Å²) in [5.74, 6) is 1.90. The summed E-state index contributed by atoms with van der Waals surface area (Å²) in [4.78, 5) is 21.8. The predicted molar refractivity (Wildman–Crippen MR) is 95.8 cm³/mol. The molecule has 1 atom stereocenters. The minimum absolute atomic E-state index is 0.107. The van der Waals surface area contributed by atoms with E-state index in [0.29, 0.717) is 12.3 Å². The number of hydrogen-bond acceptors (Lipinski definition) is 5. The highest BCUT2D eigenvalue weighted by atomic mass is 16.5. The number of piperidine rings is 1. The first-order chi connectivity index (χ1) is 12.2. The minimum Gasteiger partial charge on any atom is -0.497 e. The average Bonchev–Trinajstić information content (AvgIpc) is 2.62. The molecule has 2 heterocycles. The smallest absolute Gasteiger partial charge is 0.251 e. The molecule has 6 heteroatoms. The molecular weight excluding hydrogens is 318 g/mol.